The van der Waals surface area contributed by atoms with Crippen LogP contribution in [0.4, 0.5) is 0 Å². The van der Waals surface area contributed by atoms with Crippen LogP contribution in [-0.2, 0) is 11.2 Å². The number of amides is 1. The summed E-state index contributed by atoms with van der Waals surface area (Å²) in [6.07, 6.45) is 2.68. The van der Waals surface area contributed by atoms with Crippen molar-refractivity contribution in [3.8, 4) is 29.1 Å². The number of hydrogen-bond donors (Lipinski definition) is 0. The van der Waals surface area contributed by atoms with Crippen LogP contribution >= 0.6 is 0 Å². The molecule has 0 saturated heterocycles. The number of hydrogen-bond acceptors (Lipinski definition) is 6. The maximum absolute atomic E-state index is 13.3. The topological polar surface area (TPSA) is 81.0 Å². The summed E-state index contributed by atoms with van der Waals surface area (Å²) in [6.45, 7) is 0.518. The van der Waals surface area contributed by atoms with Gasteiger partial charge in [-0.3, -0.25) is 4.79 Å². The van der Waals surface area contributed by atoms with Gasteiger partial charge in [0.2, 0.25) is 5.91 Å². The summed E-state index contributed by atoms with van der Waals surface area (Å²) in [5.41, 5.74) is 3.60. The summed E-state index contributed by atoms with van der Waals surface area (Å²) in [6, 6.07) is 11.6. The van der Waals surface area contributed by atoms with Crippen molar-refractivity contribution in [3.05, 3.63) is 53.1 Å². The molecule has 2 aromatic rings. The second kappa shape index (κ2) is 8.23. The SMILES string of the molecule is COc1ccc(C2C=C3c4cc(OC)c(OC)cc4CCN3C(=O)C2C#N)cc1OC. The first-order valence-corrected chi connectivity index (χ1v) is 9.96. The van der Waals surface area contributed by atoms with Crippen molar-refractivity contribution in [1.29, 1.82) is 5.26 Å². The van der Waals surface area contributed by atoms with Crippen LogP contribution in [0.2, 0.25) is 0 Å². The van der Waals surface area contributed by atoms with E-state index in [1.165, 1.54) is 0 Å². The van der Waals surface area contributed by atoms with Gasteiger partial charge >= 0.3 is 0 Å². The van der Waals surface area contributed by atoms with E-state index in [0.29, 0.717) is 36.0 Å². The fourth-order valence-corrected chi connectivity index (χ4v) is 4.35. The fourth-order valence-electron chi connectivity index (χ4n) is 4.35. The molecule has 0 radical (unpaired) electrons. The van der Waals surface area contributed by atoms with Crippen LogP contribution in [0.3, 0.4) is 0 Å². The standard InChI is InChI=1S/C24H24N2O5/c1-28-20-6-5-14(9-21(20)29-2)16-11-19-17-12-23(31-4)22(30-3)10-15(17)7-8-26(19)24(27)18(16)13-25/h5-6,9-12,16,18H,7-8H2,1-4H3. The summed E-state index contributed by atoms with van der Waals surface area (Å²) in [5.74, 6) is 0.980. The molecule has 2 heterocycles. The maximum atomic E-state index is 13.3. The van der Waals surface area contributed by atoms with E-state index in [0.717, 1.165) is 22.4 Å². The molecule has 4 rings (SSSR count). The zero-order valence-corrected chi connectivity index (χ0v) is 18.0. The van der Waals surface area contributed by atoms with E-state index in [4.69, 9.17) is 18.9 Å². The summed E-state index contributed by atoms with van der Waals surface area (Å²) in [7, 11) is 6.32. The molecule has 2 atom stereocenters. The van der Waals surface area contributed by atoms with Crippen LogP contribution in [0, 0.1) is 17.2 Å². The van der Waals surface area contributed by atoms with E-state index < -0.39 is 11.8 Å². The highest BCUT2D eigenvalue weighted by Crippen LogP contribution is 2.44. The molecule has 7 heteroatoms. The highest BCUT2D eigenvalue weighted by molar-refractivity contribution is 5.95. The van der Waals surface area contributed by atoms with Crippen molar-refractivity contribution < 1.29 is 23.7 Å². The first-order valence-electron chi connectivity index (χ1n) is 9.96. The van der Waals surface area contributed by atoms with Gasteiger partial charge in [-0.1, -0.05) is 12.1 Å². The lowest BCUT2D eigenvalue weighted by Crippen LogP contribution is -2.43. The summed E-state index contributed by atoms with van der Waals surface area (Å²) < 4.78 is 21.7. The molecule has 0 spiro atoms. The van der Waals surface area contributed by atoms with Gasteiger partial charge in [0.1, 0.15) is 5.92 Å². The predicted octanol–water partition coefficient (Wildman–Crippen LogP) is 3.38. The lowest BCUT2D eigenvalue weighted by molar-refractivity contribution is -0.131. The molecule has 0 N–H and O–H groups in total. The van der Waals surface area contributed by atoms with Gasteiger partial charge in [0.05, 0.1) is 34.5 Å². The van der Waals surface area contributed by atoms with E-state index in [1.807, 2.05) is 30.3 Å². The smallest absolute Gasteiger partial charge is 0.245 e. The van der Waals surface area contributed by atoms with E-state index >= 15 is 0 Å². The molecule has 2 aliphatic rings. The number of carbonyl (C=O) groups excluding carboxylic acids is 1. The molecular weight excluding hydrogens is 396 g/mol. The average Bonchev–Trinajstić information content (AvgIpc) is 2.82. The Morgan fingerprint density at radius 1 is 0.935 bits per heavy atom. The van der Waals surface area contributed by atoms with Crippen molar-refractivity contribution in [3.63, 3.8) is 0 Å². The molecule has 0 aromatic heterocycles. The van der Waals surface area contributed by atoms with Gasteiger partial charge in [0, 0.05) is 23.7 Å². The highest BCUT2D eigenvalue weighted by atomic mass is 16.5. The number of allylic oxidation sites excluding steroid dienone is 1. The zero-order valence-electron chi connectivity index (χ0n) is 18.0. The average molecular weight is 420 g/mol. The third-order valence-electron chi connectivity index (χ3n) is 5.94. The van der Waals surface area contributed by atoms with Crippen LogP contribution in [0.1, 0.15) is 22.6 Å². The van der Waals surface area contributed by atoms with Crippen molar-refractivity contribution in [2.75, 3.05) is 35.0 Å². The Hall–Kier alpha value is -3.66. The molecule has 160 valence electrons. The normalized spacial score (nSPS) is 19.5. The van der Waals surface area contributed by atoms with Gasteiger partial charge in [-0.05, 0) is 41.8 Å². The molecule has 0 fully saturated rings. The van der Waals surface area contributed by atoms with Crippen LogP contribution in [-0.4, -0.2) is 45.8 Å². The molecule has 0 saturated carbocycles. The van der Waals surface area contributed by atoms with Gasteiger partial charge < -0.3 is 23.8 Å². The Labute approximate surface area is 181 Å². The molecule has 2 aliphatic heterocycles. The minimum atomic E-state index is -0.816. The zero-order chi connectivity index (χ0) is 22.1. The third kappa shape index (κ3) is 3.34. The molecule has 2 unspecified atom stereocenters. The lowest BCUT2D eigenvalue weighted by Gasteiger charge is -2.39. The minimum absolute atomic E-state index is 0.194. The lowest BCUT2D eigenvalue weighted by atomic mass is 9.79. The molecule has 7 nitrogen and oxygen atoms in total. The molecular formula is C24H24N2O5. The van der Waals surface area contributed by atoms with Gasteiger partial charge in [0.15, 0.2) is 23.0 Å². The molecule has 0 aliphatic carbocycles. The highest BCUT2D eigenvalue weighted by Gasteiger charge is 2.41. The largest absolute Gasteiger partial charge is 0.493 e. The number of carbonyl (C=O) groups is 1. The summed E-state index contributed by atoms with van der Waals surface area (Å²) in [5, 5.41) is 9.84. The van der Waals surface area contributed by atoms with Crippen LogP contribution < -0.4 is 18.9 Å². The third-order valence-corrected chi connectivity index (χ3v) is 5.94. The van der Waals surface area contributed by atoms with Gasteiger partial charge in [-0.2, -0.15) is 5.26 Å². The van der Waals surface area contributed by atoms with Gasteiger partial charge in [0.25, 0.3) is 0 Å². The first-order chi connectivity index (χ1) is 15.1. The second-order valence-electron chi connectivity index (χ2n) is 7.40. The van der Waals surface area contributed by atoms with Crippen LogP contribution in [0.5, 0.6) is 23.0 Å². The minimum Gasteiger partial charge on any atom is -0.493 e. The van der Waals surface area contributed by atoms with Crippen molar-refractivity contribution in [1.82, 2.24) is 4.90 Å². The van der Waals surface area contributed by atoms with Gasteiger partial charge in [-0.15, -0.1) is 0 Å². The van der Waals surface area contributed by atoms with E-state index in [1.54, 1.807) is 39.4 Å². The number of ether oxygens (including phenoxy) is 4. The number of benzene rings is 2. The van der Waals surface area contributed by atoms with E-state index in [9.17, 15) is 10.1 Å². The van der Waals surface area contributed by atoms with Crippen LogP contribution in [0.25, 0.3) is 5.70 Å². The Morgan fingerprint density at radius 2 is 1.58 bits per heavy atom. The fraction of sp³-hybridized carbons (Fsp3) is 0.333. The van der Waals surface area contributed by atoms with Gasteiger partial charge in [-0.25, -0.2) is 0 Å². The Bertz CT molecular complexity index is 1100. The van der Waals surface area contributed by atoms with Crippen molar-refractivity contribution >= 4 is 11.6 Å². The quantitative estimate of drug-likeness (QED) is 0.738. The molecule has 0 bridgehead atoms. The van der Waals surface area contributed by atoms with Crippen molar-refractivity contribution in [2.45, 2.75) is 12.3 Å². The monoisotopic (exact) mass is 420 g/mol. The Kier molecular flexibility index (Phi) is 5.47. The molecule has 2 aromatic carbocycles. The summed E-state index contributed by atoms with van der Waals surface area (Å²) >= 11 is 0. The van der Waals surface area contributed by atoms with Crippen LogP contribution in [0.15, 0.2) is 36.4 Å². The predicted molar refractivity (Wildman–Crippen MR) is 114 cm³/mol. The Morgan fingerprint density at radius 3 is 2.23 bits per heavy atom. The number of methoxy groups -OCH3 is 4. The summed E-state index contributed by atoms with van der Waals surface area (Å²) in [4.78, 5) is 15.0. The molecule has 1 amide bonds. The number of rotatable bonds is 5. The molecule has 31 heavy (non-hydrogen) atoms. The number of nitrogens with zero attached hydrogens (tertiary/aromatic N) is 2. The number of fused-ring (bicyclic) bond motifs is 3. The van der Waals surface area contributed by atoms with E-state index in [2.05, 4.69) is 6.07 Å². The van der Waals surface area contributed by atoms with Crippen molar-refractivity contribution in [2.24, 2.45) is 5.92 Å². The maximum Gasteiger partial charge on any atom is 0.245 e. The second-order valence-corrected chi connectivity index (χ2v) is 7.40. The number of nitriles is 1. The Balaban J connectivity index is 1.87. The van der Waals surface area contributed by atoms with E-state index in [-0.39, 0.29) is 5.91 Å². The first kappa shape index (κ1) is 20.6.